The fraction of sp³-hybridized carbons (Fsp3) is 0.533. The first-order chi connectivity index (χ1) is 9.21. The largest absolute Gasteiger partial charge is 0.444 e. The van der Waals surface area contributed by atoms with Crippen LogP contribution >= 0.6 is 0 Å². The summed E-state index contributed by atoms with van der Waals surface area (Å²) >= 11 is 0. The molecule has 20 heavy (non-hydrogen) atoms. The number of hydrogen-bond acceptors (Lipinski definition) is 3. The van der Waals surface area contributed by atoms with Crippen LogP contribution < -0.4 is 5.73 Å². The Morgan fingerprint density at radius 3 is 2.65 bits per heavy atom. The van der Waals surface area contributed by atoms with Crippen LogP contribution in [0.4, 0.5) is 9.18 Å². The topological polar surface area (TPSA) is 55.6 Å². The standard InChI is InChI=1S/C15H21FN2O2/c1-14(2,3)20-13(19)18-9-8-15(17,10-18)11-6-4-5-7-12(11)16/h4-7H,8-10,17H2,1-3H3. The van der Waals surface area contributed by atoms with Crippen molar-refractivity contribution in [2.75, 3.05) is 13.1 Å². The third-order valence-electron chi connectivity index (χ3n) is 3.36. The maximum Gasteiger partial charge on any atom is 0.410 e. The predicted octanol–water partition coefficient (Wildman–Crippen LogP) is 2.62. The molecular formula is C15H21FN2O2. The summed E-state index contributed by atoms with van der Waals surface area (Å²) in [6.45, 7) is 6.18. The number of carbonyl (C=O) groups excluding carboxylic acids is 1. The van der Waals surface area contributed by atoms with Crippen LogP contribution in [-0.2, 0) is 10.3 Å². The molecular weight excluding hydrogens is 259 g/mol. The fourth-order valence-corrected chi connectivity index (χ4v) is 2.40. The van der Waals surface area contributed by atoms with Gasteiger partial charge in [0.1, 0.15) is 11.4 Å². The average Bonchev–Trinajstić information content (AvgIpc) is 2.71. The van der Waals surface area contributed by atoms with Crippen molar-refractivity contribution in [1.82, 2.24) is 4.90 Å². The molecule has 1 aliphatic rings. The van der Waals surface area contributed by atoms with Gasteiger partial charge in [-0.25, -0.2) is 9.18 Å². The molecule has 0 aromatic heterocycles. The van der Waals surface area contributed by atoms with Crippen LogP contribution in [0.5, 0.6) is 0 Å². The highest BCUT2D eigenvalue weighted by molar-refractivity contribution is 5.69. The smallest absolute Gasteiger partial charge is 0.410 e. The second-order valence-corrected chi connectivity index (χ2v) is 6.29. The molecule has 1 heterocycles. The van der Waals surface area contributed by atoms with E-state index in [2.05, 4.69) is 0 Å². The molecule has 5 heteroatoms. The summed E-state index contributed by atoms with van der Waals surface area (Å²) in [6, 6.07) is 6.44. The SMILES string of the molecule is CC(C)(C)OC(=O)N1CCC(N)(c2ccccc2F)C1. The molecule has 1 unspecified atom stereocenters. The Labute approximate surface area is 118 Å². The highest BCUT2D eigenvalue weighted by atomic mass is 19.1. The lowest BCUT2D eigenvalue weighted by molar-refractivity contribution is 0.0284. The lowest BCUT2D eigenvalue weighted by atomic mass is 9.90. The molecule has 110 valence electrons. The zero-order valence-corrected chi connectivity index (χ0v) is 12.1. The van der Waals surface area contributed by atoms with Crippen LogP contribution in [0, 0.1) is 5.82 Å². The van der Waals surface area contributed by atoms with E-state index in [1.807, 2.05) is 20.8 Å². The Hall–Kier alpha value is -1.62. The molecule has 0 spiro atoms. The molecule has 1 atom stereocenters. The molecule has 0 radical (unpaired) electrons. The van der Waals surface area contributed by atoms with Crippen molar-refractivity contribution in [3.05, 3.63) is 35.6 Å². The van der Waals surface area contributed by atoms with Gasteiger partial charge in [-0.2, -0.15) is 0 Å². The van der Waals surface area contributed by atoms with E-state index in [-0.39, 0.29) is 12.4 Å². The van der Waals surface area contributed by atoms with Gasteiger partial charge in [0.15, 0.2) is 0 Å². The first kappa shape index (κ1) is 14.8. The number of hydrogen-bond donors (Lipinski definition) is 1. The monoisotopic (exact) mass is 280 g/mol. The van der Waals surface area contributed by atoms with E-state index in [0.29, 0.717) is 18.5 Å². The Balaban J connectivity index is 2.12. The Bertz CT molecular complexity index is 513. The van der Waals surface area contributed by atoms with Gasteiger partial charge in [-0.1, -0.05) is 18.2 Å². The molecule has 1 saturated heterocycles. The summed E-state index contributed by atoms with van der Waals surface area (Å²) < 4.78 is 19.2. The van der Waals surface area contributed by atoms with Crippen molar-refractivity contribution < 1.29 is 13.9 Å². The van der Waals surface area contributed by atoms with E-state index in [9.17, 15) is 9.18 Å². The minimum atomic E-state index is -0.845. The molecule has 1 amide bonds. The predicted molar refractivity (Wildman–Crippen MR) is 74.7 cm³/mol. The Morgan fingerprint density at radius 2 is 2.05 bits per heavy atom. The first-order valence-corrected chi connectivity index (χ1v) is 6.73. The molecule has 1 aliphatic heterocycles. The maximum atomic E-state index is 13.9. The molecule has 4 nitrogen and oxygen atoms in total. The lowest BCUT2D eigenvalue weighted by Gasteiger charge is -2.27. The van der Waals surface area contributed by atoms with Crippen LogP contribution in [0.25, 0.3) is 0 Å². The van der Waals surface area contributed by atoms with Gasteiger partial charge >= 0.3 is 6.09 Å². The van der Waals surface area contributed by atoms with E-state index >= 15 is 0 Å². The van der Waals surface area contributed by atoms with Crippen molar-refractivity contribution in [3.63, 3.8) is 0 Å². The Kier molecular flexibility index (Phi) is 3.73. The number of benzene rings is 1. The number of rotatable bonds is 1. The number of amides is 1. The number of carbonyl (C=O) groups is 1. The number of nitrogens with zero attached hydrogens (tertiary/aromatic N) is 1. The molecule has 0 aliphatic carbocycles. The second-order valence-electron chi connectivity index (χ2n) is 6.29. The highest BCUT2D eigenvalue weighted by Crippen LogP contribution is 2.31. The molecule has 1 aromatic carbocycles. The van der Waals surface area contributed by atoms with Crippen LogP contribution in [0.15, 0.2) is 24.3 Å². The Morgan fingerprint density at radius 1 is 1.40 bits per heavy atom. The van der Waals surface area contributed by atoms with Crippen LogP contribution in [0.2, 0.25) is 0 Å². The van der Waals surface area contributed by atoms with Crippen molar-refractivity contribution in [2.24, 2.45) is 5.73 Å². The van der Waals surface area contributed by atoms with E-state index in [1.165, 1.54) is 11.0 Å². The minimum absolute atomic E-state index is 0.267. The molecule has 1 fully saturated rings. The van der Waals surface area contributed by atoms with Crippen molar-refractivity contribution >= 4 is 6.09 Å². The van der Waals surface area contributed by atoms with Crippen LogP contribution in [0.3, 0.4) is 0 Å². The summed E-state index contributed by atoms with van der Waals surface area (Å²) in [5.74, 6) is -0.332. The molecule has 2 N–H and O–H groups in total. The normalized spacial score (nSPS) is 22.9. The summed E-state index contributed by atoms with van der Waals surface area (Å²) in [5.41, 5.74) is 5.34. The van der Waals surface area contributed by atoms with E-state index < -0.39 is 17.2 Å². The van der Waals surface area contributed by atoms with E-state index in [1.54, 1.807) is 18.2 Å². The van der Waals surface area contributed by atoms with Gasteiger partial charge in [0, 0.05) is 18.7 Å². The number of likely N-dealkylation sites (tertiary alicyclic amines) is 1. The van der Waals surface area contributed by atoms with Gasteiger partial charge in [-0.3, -0.25) is 0 Å². The first-order valence-electron chi connectivity index (χ1n) is 6.73. The van der Waals surface area contributed by atoms with Gasteiger partial charge in [-0.15, -0.1) is 0 Å². The van der Waals surface area contributed by atoms with Gasteiger partial charge in [0.2, 0.25) is 0 Å². The second kappa shape index (κ2) is 5.05. The molecule has 1 aromatic rings. The zero-order chi connectivity index (χ0) is 15.0. The number of nitrogens with two attached hydrogens (primary N) is 1. The quantitative estimate of drug-likeness (QED) is 0.860. The molecule has 0 saturated carbocycles. The van der Waals surface area contributed by atoms with Crippen molar-refractivity contribution in [3.8, 4) is 0 Å². The summed E-state index contributed by atoms with van der Waals surface area (Å²) in [7, 11) is 0. The van der Waals surface area contributed by atoms with Gasteiger partial charge in [0.25, 0.3) is 0 Å². The summed E-state index contributed by atoms with van der Waals surface area (Å²) in [4.78, 5) is 13.6. The molecule has 0 bridgehead atoms. The van der Waals surface area contributed by atoms with Gasteiger partial charge in [0.05, 0.1) is 5.54 Å². The maximum absolute atomic E-state index is 13.9. The average molecular weight is 280 g/mol. The van der Waals surface area contributed by atoms with Crippen LogP contribution in [0.1, 0.15) is 32.8 Å². The lowest BCUT2D eigenvalue weighted by Crippen LogP contribution is -2.43. The van der Waals surface area contributed by atoms with Crippen molar-refractivity contribution in [2.45, 2.75) is 38.3 Å². The van der Waals surface area contributed by atoms with Gasteiger partial charge < -0.3 is 15.4 Å². The highest BCUT2D eigenvalue weighted by Gasteiger charge is 2.40. The molecule has 2 rings (SSSR count). The number of halogens is 1. The van der Waals surface area contributed by atoms with E-state index in [4.69, 9.17) is 10.5 Å². The number of ether oxygens (including phenoxy) is 1. The summed E-state index contributed by atoms with van der Waals surface area (Å²) in [5, 5.41) is 0. The van der Waals surface area contributed by atoms with Gasteiger partial charge in [-0.05, 0) is 33.3 Å². The summed E-state index contributed by atoms with van der Waals surface area (Å²) in [6.07, 6.45) is 0.119. The van der Waals surface area contributed by atoms with E-state index in [0.717, 1.165) is 0 Å². The fourth-order valence-electron chi connectivity index (χ4n) is 2.40. The zero-order valence-electron chi connectivity index (χ0n) is 12.1. The van der Waals surface area contributed by atoms with Crippen molar-refractivity contribution in [1.29, 1.82) is 0 Å². The third kappa shape index (κ3) is 3.10. The minimum Gasteiger partial charge on any atom is -0.444 e. The third-order valence-corrected chi connectivity index (χ3v) is 3.36. The van der Waals surface area contributed by atoms with Crippen LogP contribution in [-0.4, -0.2) is 29.7 Å².